The lowest BCUT2D eigenvalue weighted by Crippen LogP contribution is -2.21. The van der Waals surface area contributed by atoms with E-state index in [9.17, 15) is 9.59 Å². The van der Waals surface area contributed by atoms with Crippen molar-refractivity contribution in [3.05, 3.63) is 69.6 Å². The number of hydrogen-bond donors (Lipinski definition) is 1. The van der Waals surface area contributed by atoms with Crippen LogP contribution in [0.2, 0.25) is 5.02 Å². The standard InChI is InChI=1S/C18H15ClN2O3S/c1-12-4-5-13(10-14(12)19)20-16(22)11-24-18(23)17-15(6-9-25-17)21-7-2-3-8-21/h2-10H,11H2,1H3,(H,20,22). The summed E-state index contributed by atoms with van der Waals surface area (Å²) in [4.78, 5) is 24.7. The van der Waals surface area contributed by atoms with Crippen LogP contribution in [0.1, 0.15) is 15.2 Å². The first-order valence-electron chi connectivity index (χ1n) is 7.48. The number of anilines is 1. The smallest absolute Gasteiger partial charge is 0.350 e. The van der Waals surface area contributed by atoms with E-state index < -0.39 is 11.9 Å². The van der Waals surface area contributed by atoms with Gasteiger partial charge in [-0.2, -0.15) is 0 Å². The van der Waals surface area contributed by atoms with Crippen molar-refractivity contribution in [2.45, 2.75) is 6.92 Å². The van der Waals surface area contributed by atoms with Crippen LogP contribution in [0.25, 0.3) is 5.69 Å². The molecule has 2 heterocycles. The van der Waals surface area contributed by atoms with Crippen molar-refractivity contribution in [3.63, 3.8) is 0 Å². The number of aromatic nitrogens is 1. The van der Waals surface area contributed by atoms with Crippen molar-refractivity contribution in [2.75, 3.05) is 11.9 Å². The fourth-order valence-corrected chi connectivity index (χ4v) is 3.18. The van der Waals surface area contributed by atoms with Crippen molar-refractivity contribution < 1.29 is 14.3 Å². The summed E-state index contributed by atoms with van der Waals surface area (Å²) in [7, 11) is 0. The molecule has 0 aliphatic carbocycles. The van der Waals surface area contributed by atoms with Gasteiger partial charge in [0.25, 0.3) is 5.91 Å². The summed E-state index contributed by atoms with van der Waals surface area (Å²) in [5, 5.41) is 5.02. The largest absolute Gasteiger partial charge is 0.451 e. The molecule has 3 rings (SSSR count). The molecule has 0 saturated carbocycles. The summed E-state index contributed by atoms with van der Waals surface area (Å²) in [6, 6.07) is 10.8. The average molecular weight is 375 g/mol. The highest BCUT2D eigenvalue weighted by Crippen LogP contribution is 2.22. The molecule has 0 bridgehead atoms. The van der Waals surface area contributed by atoms with Crippen molar-refractivity contribution in [3.8, 4) is 5.69 Å². The Morgan fingerprint density at radius 2 is 2.00 bits per heavy atom. The van der Waals surface area contributed by atoms with Crippen LogP contribution in [0.3, 0.4) is 0 Å². The van der Waals surface area contributed by atoms with E-state index in [1.165, 1.54) is 11.3 Å². The maximum Gasteiger partial charge on any atom is 0.350 e. The van der Waals surface area contributed by atoms with Crippen molar-refractivity contribution in [2.24, 2.45) is 0 Å². The third-order valence-corrected chi connectivity index (χ3v) is 4.79. The maximum absolute atomic E-state index is 12.3. The molecule has 7 heteroatoms. The van der Waals surface area contributed by atoms with E-state index in [4.69, 9.17) is 16.3 Å². The zero-order valence-corrected chi connectivity index (χ0v) is 14.9. The lowest BCUT2D eigenvalue weighted by atomic mass is 10.2. The van der Waals surface area contributed by atoms with Crippen molar-refractivity contribution in [1.82, 2.24) is 4.57 Å². The fourth-order valence-electron chi connectivity index (χ4n) is 2.22. The predicted molar refractivity (Wildman–Crippen MR) is 98.7 cm³/mol. The Hall–Kier alpha value is -2.57. The molecule has 0 radical (unpaired) electrons. The number of ether oxygens (including phenoxy) is 1. The minimum atomic E-state index is -0.532. The quantitative estimate of drug-likeness (QED) is 0.677. The molecule has 128 valence electrons. The van der Waals surface area contributed by atoms with Crippen LogP contribution in [-0.4, -0.2) is 23.1 Å². The van der Waals surface area contributed by atoms with E-state index >= 15 is 0 Å². The van der Waals surface area contributed by atoms with Gasteiger partial charge in [-0.3, -0.25) is 4.79 Å². The van der Waals surface area contributed by atoms with Gasteiger partial charge in [0, 0.05) is 23.1 Å². The van der Waals surface area contributed by atoms with Gasteiger partial charge in [-0.05, 0) is 48.2 Å². The Labute approximate surface area is 153 Å². The van der Waals surface area contributed by atoms with Gasteiger partial charge in [-0.15, -0.1) is 11.3 Å². The fraction of sp³-hybridized carbons (Fsp3) is 0.111. The summed E-state index contributed by atoms with van der Waals surface area (Å²) in [5.41, 5.74) is 2.20. The second-order valence-electron chi connectivity index (χ2n) is 5.31. The Morgan fingerprint density at radius 1 is 1.24 bits per heavy atom. The number of halogens is 1. The highest BCUT2D eigenvalue weighted by molar-refractivity contribution is 7.12. The molecule has 5 nitrogen and oxygen atoms in total. The Balaban J connectivity index is 1.60. The third-order valence-electron chi connectivity index (χ3n) is 3.50. The van der Waals surface area contributed by atoms with Crippen LogP contribution in [0.4, 0.5) is 5.69 Å². The van der Waals surface area contributed by atoms with Crippen LogP contribution in [0, 0.1) is 6.92 Å². The van der Waals surface area contributed by atoms with Crippen LogP contribution in [0.5, 0.6) is 0 Å². The zero-order valence-electron chi connectivity index (χ0n) is 13.4. The number of rotatable bonds is 5. The van der Waals surface area contributed by atoms with Crippen molar-refractivity contribution in [1.29, 1.82) is 0 Å². The number of nitrogens with zero attached hydrogens (tertiary/aromatic N) is 1. The SMILES string of the molecule is Cc1ccc(NC(=O)COC(=O)c2sccc2-n2cccc2)cc1Cl. The van der Waals surface area contributed by atoms with E-state index in [2.05, 4.69) is 5.32 Å². The first kappa shape index (κ1) is 17.3. The molecule has 1 aromatic carbocycles. The number of aryl methyl sites for hydroxylation is 1. The first-order chi connectivity index (χ1) is 12.0. The molecular formula is C18H15ClN2O3S. The lowest BCUT2D eigenvalue weighted by molar-refractivity contribution is -0.119. The van der Waals surface area contributed by atoms with Crippen LogP contribution in [-0.2, 0) is 9.53 Å². The first-order valence-corrected chi connectivity index (χ1v) is 8.74. The number of nitrogens with one attached hydrogen (secondary N) is 1. The maximum atomic E-state index is 12.3. The molecule has 0 spiro atoms. The molecule has 1 N–H and O–H groups in total. The van der Waals surface area contributed by atoms with Gasteiger partial charge in [-0.25, -0.2) is 4.79 Å². The predicted octanol–water partition coefficient (Wildman–Crippen LogP) is 4.30. The van der Waals surface area contributed by atoms with E-state index in [-0.39, 0.29) is 6.61 Å². The highest BCUT2D eigenvalue weighted by Gasteiger charge is 2.17. The number of thiophene rings is 1. The van der Waals surface area contributed by atoms with Gasteiger partial charge in [0.05, 0.1) is 5.69 Å². The highest BCUT2D eigenvalue weighted by atomic mass is 35.5. The molecule has 0 unspecified atom stereocenters. The zero-order chi connectivity index (χ0) is 17.8. The number of benzene rings is 1. The number of amides is 1. The van der Waals surface area contributed by atoms with Gasteiger partial charge in [0.2, 0.25) is 0 Å². The van der Waals surface area contributed by atoms with Crippen LogP contribution < -0.4 is 5.32 Å². The van der Waals surface area contributed by atoms with Crippen LogP contribution in [0.15, 0.2) is 54.2 Å². The topological polar surface area (TPSA) is 60.3 Å². The third kappa shape index (κ3) is 4.10. The summed E-state index contributed by atoms with van der Waals surface area (Å²) in [5.74, 6) is -0.955. The number of carbonyl (C=O) groups is 2. The summed E-state index contributed by atoms with van der Waals surface area (Å²) in [6.45, 7) is 1.51. The normalized spacial score (nSPS) is 10.5. The molecule has 3 aromatic rings. The van der Waals surface area contributed by atoms with E-state index in [1.54, 1.807) is 23.6 Å². The molecule has 0 aliphatic rings. The summed E-state index contributed by atoms with van der Waals surface area (Å²) >= 11 is 7.29. The number of hydrogen-bond acceptors (Lipinski definition) is 4. The van der Waals surface area contributed by atoms with E-state index in [0.29, 0.717) is 15.6 Å². The Morgan fingerprint density at radius 3 is 2.72 bits per heavy atom. The van der Waals surface area contributed by atoms with Gasteiger partial charge >= 0.3 is 5.97 Å². The molecule has 0 fully saturated rings. The minimum absolute atomic E-state index is 0.368. The molecule has 0 aliphatic heterocycles. The Bertz CT molecular complexity index is 903. The molecule has 0 atom stereocenters. The van der Waals surface area contributed by atoms with Crippen LogP contribution >= 0.6 is 22.9 Å². The number of carbonyl (C=O) groups excluding carboxylic acids is 2. The molecule has 25 heavy (non-hydrogen) atoms. The van der Waals surface area contributed by atoms with Crippen molar-refractivity contribution >= 4 is 40.5 Å². The average Bonchev–Trinajstić information content (AvgIpc) is 3.26. The summed E-state index contributed by atoms with van der Waals surface area (Å²) < 4.78 is 6.95. The van der Waals surface area contributed by atoms with E-state index in [1.807, 2.05) is 42.1 Å². The van der Waals surface area contributed by atoms with Gasteiger partial charge in [0.15, 0.2) is 6.61 Å². The summed E-state index contributed by atoms with van der Waals surface area (Å²) in [6.07, 6.45) is 3.68. The monoisotopic (exact) mass is 374 g/mol. The van der Waals surface area contributed by atoms with Gasteiger partial charge in [0.1, 0.15) is 4.88 Å². The second kappa shape index (κ2) is 7.55. The molecular weight excluding hydrogens is 360 g/mol. The molecule has 0 saturated heterocycles. The lowest BCUT2D eigenvalue weighted by Gasteiger charge is -2.08. The van der Waals surface area contributed by atoms with Gasteiger partial charge in [-0.1, -0.05) is 17.7 Å². The Kier molecular flexibility index (Phi) is 5.21. The number of esters is 1. The molecule has 2 aromatic heterocycles. The second-order valence-corrected chi connectivity index (χ2v) is 6.64. The van der Waals surface area contributed by atoms with Gasteiger partial charge < -0.3 is 14.6 Å². The minimum Gasteiger partial charge on any atom is -0.451 e. The molecule has 1 amide bonds. The van der Waals surface area contributed by atoms with E-state index in [0.717, 1.165) is 11.3 Å².